The van der Waals surface area contributed by atoms with Crippen molar-refractivity contribution >= 4 is 60.2 Å². The Bertz CT molecular complexity index is 3180. The van der Waals surface area contributed by atoms with Crippen molar-refractivity contribution in [1.82, 2.24) is 0 Å². The van der Waals surface area contributed by atoms with Gasteiger partial charge in [0.15, 0.2) is 0 Å². The van der Waals surface area contributed by atoms with Crippen molar-refractivity contribution in [2.45, 2.75) is 0 Å². The molecule has 0 saturated carbocycles. The highest BCUT2D eigenvalue weighted by molar-refractivity contribution is 6.08. The maximum absolute atomic E-state index is 9.55. The summed E-state index contributed by atoms with van der Waals surface area (Å²) in [5.41, 5.74) is 1.72. The highest BCUT2D eigenvalue weighted by atomic mass is 15.1. The fourth-order valence-corrected chi connectivity index (χ4v) is 6.26. The van der Waals surface area contributed by atoms with Crippen LogP contribution in [0.5, 0.6) is 0 Å². The van der Waals surface area contributed by atoms with Gasteiger partial charge < -0.3 is 4.90 Å². The van der Waals surface area contributed by atoms with Gasteiger partial charge in [0.2, 0.25) is 0 Å². The second kappa shape index (κ2) is 11.3. The zero-order valence-electron chi connectivity index (χ0n) is 36.0. The zero-order chi connectivity index (χ0) is 40.7. The molecule has 9 aromatic rings. The first-order valence-corrected chi connectivity index (χ1v) is 15.3. The minimum absolute atomic E-state index is 0.0548. The highest BCUT2D eigenvalue weighted by Crippen LogP contribution is 2.41. The number of nitrogens with zero attached hydrogens (tertiary/aromatic N) is 1. The number of fused-ring (bicyclic) bond motifs is 5. The lowest BCUT2D eigenvalue weighted by Crippen LogP contribution is -2.10. The van der Waals surface area contributed by atoms with Crippen LogP contribution in [0.25, 0.3) is 65.3 Å². The summed E-state index contributed by atoms with van der Waals surface area (Å²) >= 11 is 0. The van der Waals surface area contributed by atoms with Crippen molar-refractivity contribution in [2.24, 2.45) is 0 Å². The molecular weight excluding hydrogens is 567 g/mol. The Kier molecular flexibility index (Phi) is 4.36. The van der Waals surface area contributed by atoms with Crippen LogP contribution in [0.3, 0.4) is 0 Å². The van der Waals surface area contributed by atoms with Crippen LogP contribution in [-0.4, -0.2) is 0 Å². The van der Waals surface area contributed by atoms with E-state index in [1.807, 2.05) is 97.1 Å². The van der Waals surface area contributed by atoms with E-state index < -0.39 is 54.4 Å². The molecule has 0 radical (unpaired) electrons. The predicted octanol–water partition coefficient (Wildman–Crippen LogP) is 13.1. The van der Waals surface area contributed by atoms with Crippen molar-refractivity contribution in [2.75, 3.05) is 4.90 Å². The Balaban J connectivity index is 1.34. The van der Waals surface area contributed by atoms with Gasteiger partial charge in [-0.25, -0.2) is 0 Å². The quantitative estimate of drug-likeness (QED) is 0.176. The molecule has 0 bridgehead atoms. The summed E-state index contributed by atoms with van der Waals surface area (Å²) in [7, 11) is 0. The molecule has 220 valence electrons. The molecule has 1 nitrogen and oxygen atoms in total. The Morgan fingerprint density at radius 3 is 1.91 bits per heavy atom. The first kappa shape index (κ1) is 18.1. The molecule has 0 unspecified atom stereocenters. The van der Waals surface area contributed by atoms with Crippen LogP contribution in [0.4, 0.5) is 17.1 Å². The average molecular weight is 609 g/mol. The van der Waals surface area contributed by atoms with Gasteiger partial charge in [0, 0.05) is 16.8 Å². The predicted molar refractivity (Wildman–Crippen MR) is 202 cm³/mol. The Labute approximate surface area is 290 Å². The Hall–Kier alpha value is -6.18. The van der Waals surface area contributed by atoms with E-state index in [-0.39, 0.29) is 45.5 Å². The van der Waals surface area contributed by atoms with Crippen molar-refractivity contribution < 1.29 is 15.1 Å². The maximum Gasteiger partial charge on any atom is 0.0645 e. The molecule has 0 aromatic heterocycles. The van der Waals surface area contributed by atoms with Crippen LogP contribution in [-0.2, 0) is 0 Å². The fourth-order valence-electron chi connectivity index (χ4n) is 6.26. The third-order valence-corrected chi connectivity index (χ3v) is 8.57. The molecule has 9 aromatic carbocycles. The molecule has 47 heavy (non-hydrogen) atoms. The molecular formula is C46H31N. The van der Waals surface area contributed by atoms with Gasteiger partial charge in [-0.2, -0.15) is 0 Å². The number of rotatable bonds is 5. The summed E-state index contributed by atoms with van der Waals surface area (Å²) < 4.78 is 99.6. The molecule has 0 heterocycles. The molecule has 0 atom stereocenters. The number of hydrogen-bond acceptors (Lipinski definition) is 1. The molecule has 0 saturated heterocycles. The molecule has 0 aliphatic carbocycles. The van der Waals surface area contributed by atoms with Gasteiger partial charge in [0.25, 0.3) is 0 Å². The van der Waals surface area contributed by atoms with Gasteiger partial charge in [0.05, 0.1) is 20.8 Å². The van der Waals surface area contributed by atoms with E-state index in [2.05, 4.69) is 0 Å². The third-order valence-electron chi connectivity index (χ3n) is 8.57. The topological polar surface area (TPSA) is 3.24 Å². The van der Waals surface area contributed by atoms with Gasteiger partial charge in [-0.1, -0.05) is 145 Å². The van der Waals surface area contributed by atoms with Gasteiger partial charge in [0.1, 0.15) is 0 Å². The average Bonchev–Trinajstić information content (AvgIpc) is 3.25. The van der Waals surface area contributed by atoms with Gasteiger partial charge in [-0.15, -0.1) is 0 Å². The smallest absolute Gasteiger partial charge is 0.0645 e. The third kappa shape index (κ3) is 4.90. The molecule has 0 aliphatic rings. The largest absolute Gasteiger partial charge is 0.310 e. The summed E-state index contributed by atoms with van der Waals surface area (Å²) in [4.78, 5) is 1.28. The number of benzene rings is 9. The second-order valence-corrected chi connectivity index (χ2v) is 11.4. The normalized spacial score (nSPS) is 14.7. The first-order valence-electron chi connectivity index (χ1n) is 20.8. The van der Waals surface area contributed by atoms with E-state index in [4.69, 9.17) is 8.22 Å². The highest BCUT2D eigenvalue weighted by Gasteiger charge is 2.16. The van der Waals surface area contributed by atoms with E-state index in [0.29, 0.717) is 11.1 Å². The zero-order valence-corrected chi connectivity index (χ0v) is 25.0. The fraction of sp³-hybridized carbons (Fsp3) is 0. The molecule has 1 heteroatoms. The van der Waals surface area contributed by atoms with Crippen molar-refractivity contribution in [1.29, 1.82) is 0 Å². The Morgan fingerprint density at radius 1 is 0.340 bits per heavy atom. The SMILES string of the molecule is [2H]c1c([2H])c(N(c2cccc(-c3ccc4ccccc4c3)c2)c2c([2H])c([2H])c([2H])c3c([2H])c([2H])c([2H])c([2H])c23)c([2H])c([2H])c1-c1ccc2c(ccc3ccccc32)c1. The lowest BCUT2D eigenvalue weighted by atomic mass is 9.97. The minimum Gasteiger partial charge on any atom is -0.310 e. The van der Waals surface area contributed by atoms with Gasteiger partial charge >= 0.3 is 0 Å². The van der Waals surface area contributed by atoms with E-state index in [1.165, 1.54) is 4.90 Å². The van der Waals surface area contributed by atoms with Crippen LogP contribution in [0, 0.1) is 0 Å². The van der Waals surface area contributed by atoms with E-state index in [0.717, 1.165) is 37.9 Å². The van der Waals surface area contributed by atoms with Crippen LogP contribution in [0.2, 0.25) is 0 Å². The van der Waals surface area contributed by atoms with Crippen LogP contribution in [0.15, 0.2) is 188 Å². The monoisotopic (exact) mass is 608 g/mol. The molecule has 0 spiro atoms. The van der Waals surface area contributed by atoms with Crippen molar-refractivity contribution in [3.05, 3.63) is 188 Å². The lowest BCUT2D eigenvalue weighted by Gasteiger charge is -2.27. The molecule has 0 aliphatic heterocycles. The van der Waals surface area contributed by atoms with E-state index in [9.17, 15) is 6.85 Å². The van der Waals surface area contributed by atoms with Crippen LogP contribution >= 0.6 is 0 Å². The molecule has 0 N–H and O–H groups in total. The maximum atomic E-state index is 9.55. The molecule has 0 amide bonds. The van der Waals surface area contributed by atoms with Crippen molar-refractivity contribution in [3.63, 3.8) is 0 Å². The van der Waals surface area contributed by atoms with E-state index in [1.54, 1.807) is 24.3 Å². The van der Waals surface area contributed by atoms with Gasteiger partial charge in [-0.3, -0.25) is 0 Å². The van der Waals surface area contributed by atoms with Crippen LogP contribution < -0.4 is 4.90 Å². The summed E-state index contributed by atoms with van der Waals surface area (Å²) in [6, 6.07) is 32.4. The number of anilines is 3. The number of hydrogen-bond donors (Lipinski definition) is 0. The second-order valence-electron chi connectivity index (χ2n) is 11.4. The summed E-state index contributed by atoms with van der Waals surface area (Å²) in [6.45, 7) is 0. The lowest BCUT2D eigenvalue weighted by molar-refractivity contribution is 1.30. The van der Waals surface area contributed by atoms with Crippen molar-refractivity contribution in [3.8, 4) is 22.3 Å². The summed E-state index contributed by atoms with van der Waals surface area (Å²) in [5, 5.41) is 5.37. The molecule has 9 rings (SSSR count). The molecule has 0 fully saturated rings. The summed E-state index contributed by atoms with van der Waals surface area (Å²) in [5.74, 6) is 0. The standard InChI is InChI=1S/C46H31N/c1-2-12-36-29-39(21-19-32(36)9-1)37-14-7-15-42(31-37)47(46-18-8-13-34-10-4-6-17-45(34)46)41-26-23-33(24-27-41)38-25-28-44-40(30-38)22-20-35-11-3-5-16-43(35)44/h1-31H/i4D,6D,8D,10D,13D,17D,18D,23D,24D,26D,27D. The Morgan fingerprint density at radius 2 is 1.00 bits per heavy atom. The van der Waals surface area contributed by atoms with Crippen LogP contribution in [0.1, 0.15) is 15.1 Å². The summed E-state index contributed by atoms with van der Waals surface area (Å²) in [6.07, 6.45) is 0. The minimum atomic E-state index is -0.626. The van der Waals surface area contributed by atoms with E-state index >= 15 is 0 Å². The van der Waals surface area contributed by atoms with Gasteiger partial charge in [-0.05, 0) is 102 Å². The first-order chi connectivity index (χ1) is 27.9.